The van der Waals surface area contributed by atoms with Crippen molar-refractivity contribution in [2.75, 3.05) is 80.6 Å². The first-order valence-corrected chi connectivity index (χ1v) is 27.1. The van der Waals surface area contributed by atoms with Crippen molar-refractivity contribution in [3.8, 4) is 11.3 Å². The molecule has 17 heteroatoms. The summed E-state index contributed by atoms with van der Waals surface area (Å²) in [6.45, 7) is 13.2. The summed E-state index contributed by atoms with van der Waals surface area (Å²) in [6, 6.07) is 13.8. The van der Waals surface area contributed by atoms with Crippen LogP contribution in [0.3, 0.4) is 0 Å². The zero-order chi connectivity index (χ0) is 49.5. The van der Waals surface area contributed by atoms with E-state index in [9.17, 15) is 19.2 Å². The highest BCUT2D eigenvalue weighted by atomic mass is 16.2. The molecule has 12 rings (SSSR count). The van der Waals surface area contributed by atoms with Crippen LogP contribution in [0.5, 0.6) is 0 Å². The fourth-order valence-corrected chi connectivity index (χ4v) is 13.1. The predicted molar refractivity (Wildman–Crippen MR) is 275 cm³/mol. The summed E-state index contributed by atoms with van der Waals surface area (Å²) in [5.74, 6) is 1.11. The fraction of sp³-hybridized carbons (Fsp3) is 0.600. The van der Waals surface area contributed by atoms with Gasteiger partial charge in [-0.25, -0.2) is 19.7 Å². The van der Waals surface area contributed by atoms with Crippen LogP contribution >= 0.6 is 0 Å². The number of carbonyl (C=O) groups excluding carboxylic acids is 5. The van der Waals surface area contributed by atoms with Crippen molar-refractivity contribution in [2.45, 2.75) is 140 Å². The number of rotatable bonds is 9. The molecule has 0 bridgehead atoms. The second-order valence-electron chi connectivity index (χ2n) is 22.8. The summed E-state index contributed by atoms with van der Waals surface area (Å²) in [7, 11) is 0. The van der Waals surface area contributed by atoms with Gasteiger partial charge in [0, 0.05) is 106 Å². The lowest BCUT2D eigenvalue weighted by Crippen LogP contribution is -2.59. The molecule has 72 heavy (non-hydrogen) atoms. The first kappa shape index (κ1) is 46.9. The molecule has 0 radical (unpaired) electrons. The second kappa shape index (κ2) is 18.4. The average molecular weight is 979 g/mol. The molecule has 6 amide bonds. The van der Waals surface area contributed by atoms with Gasteiger partial charge in [0.15, 0.2) is 5.82 Å². The lowest BCUT2D eigenvalue weighted by atomic mass is 9.72. The molecule has 6 aliphatic heterocycles. The molecule has 2 N–H and O–H groups in total. The van der Waals surface area contributed by atoms with Crippen LogP contribution in [0.25, 0.3) is 22.3 Å². The fourth-order valence-electron chi connectivity index (χ4n) is 13.1. The molecule has 5 saturated heterocycles. The highest BCUT2D eigenvalue weighted by Crippen LogP contribution is 2.53. The first-order valence-electron chi connectivity index (χ1n) is 27.1. The van der Waals surface area contributed by atoms with E-state index in [0.717, 1.165) is 89.5 Å². The number of imidazole rings is 1. The van der Waals surface area contributed by atoms with Gasteiger partial charge in [0.05, 0.1) is 28.9 Å². The number of aromatic nitrogens is 4. The molecule has 4 aromatic rings. The SMILES string of the molecule is CC(C)n1cnc2cc(-c3ccc4c(c3)N(C3CC(N5CCCCC5)C3)C(=O)C43CCN(C(=O)C4(C)CCN(C(=O)N5CCN(c6ccc(C7CCC(=O)NC7=O)cn6)CC5)CC4)CC3)nc(NC3CC3)c21. The van der Waals surface area contributed by atoms with Gasteiger partial charge in [0.25, 0.3) is 0 Å². The summed E-state index contributed by atoms with van der Waals surface area (Å²) in [6.07, 6.45) is 14.9. The van der Waals surface area contributed by atoms with Gasteiger partial charge in [0.2, 0.25) is 23.6 Å². The Morgan fingerprint density at radius 3 is 2.18 bits per heavy atom. The summed E-state index contributed by atoms with van der Waals surface area (Å²) < 4.78 is 2.20. The summed E-state index contributed by atoms with van der Waals surface area (Å²) in [5, 5.41) is 6.13. The molecule has 3 aromatic heterocycles. The second-order valence-corrected chi connectivity index (χ2v) is 22.8. The maximum absolute atomic E-state index is 15.3. The maximum Gasteiger partial charge on any atom is 0.320 e. The predicted octanol–water partition coefficient (Wildman–Crippen LogP) is 6.44. The van der Waals surface area contributed by atoms with Crippen LogP contribution in [-0.4, -0.2) is 152 Å². The number of piperidine rings is 4. The quantitative estimate of drug-likeness (QED) is 0.177. The molecule has 1 unspecified atom stereocenters. The largest absolute Gasteiger partial charge is 0.366 e. The van der Waals surface area contributed by atoms with Crippen LogP contribution in [0.4, 0.5) is 22.1 Å². The third kappa shape index (κ3) is 8.36. The number of pyridine rings is 2. The number of piperazine rings is 1. The van der Waals surface area contributed by atoms with Crippen molar-refractivity contribution in [3.05, 3.63) is 60.0 Å². The number of likely N-dealkylation sites (tertiary alicyclic amines) is 3. The van der Waals surface area contributed by atoms with Crippen LogP contribution in [-0.2, 0) is 24.6 Å². The van der Waals surface area contributed by atoms with Gasteiger partial charge in [0.1, 0.15) is 11.3 Å². The van der Waals surface area contributed by atoms with Crippen molar-refractivity contribution in [1.29, 1.82) is 0 Å². The van der Waals surface area contributed by atoms with Gasteiger partial charge in [-0.1, -0.05) is 31.5 Å². The Hall–Kier alpha value is -6.10. The average Bonchev–Trinajstić information content (AvgIpc) is 4.05. The molecule has 2 saturated carbocycles. The number of nitrogens with zero attached hydrogens (tertiary/aromatic N) is 10. The van der Waals surface area contributed by atoms with Gasteiger partial charge < -0.3 is 39.3 Å². The van der Waals surface area contributed by atoms with Crippen molar-refractivity contribution in [2.24, 2.45) is 5.41 Å². The third-order valence-corrected chi connectivity index (χ3v) is 17.9. The lowest BCUT2D eigenvalue weighted by Gasteiger charge is -2.48. The number of hydrogen-bond acceptors (Lipinski definition) is 11. The number of urea groups is 1. The maximum atomic E-state index is 15.3. The van der Waals surface area contributed by atoms with Crippen molar-refractivity contribution >= 4 is 58.0 Å². The van der Waals surface area contributed by atoms with Crippen LogP contribution in [0.2, 0.25) is 0 Å². The zero-order valence-corrected chi connectivity index (χ0v) is 42.3. The Kier molecular flexibility index (Phi) is 12.0. The van der Waals surface area contributed by atoms with Crippen LogP contribution in [0.15, 0.2) is 48.9 Å². The van der Waals surface area contributed by atoms with E-state index in [1.807, 2.05) is 33.2 Å². The number of imide groups is 1. The molecular formula is C55H70N12O5. The van der Waals surface area contributed by atoms with E-state index < -0.39 is 10.8 Å². The number of hydrogen-bond donors (Lipinski definition) is 2. The number of benzene rings is 1. The standard InChI is InChI=1S/C55H70N12O5/c1-35(2)66-34-57-44-32-43(59-49(48(44)66)58-38-9-10-38)36-7-12-42-45(29-36)67(40-30-39(31-40)61-19-5-4-6-20-61)52(71)55(42)17-23-63(24-18-55)51(70)54(3)15-21-64(22-16-54)53(72)65-27-25-62(26-28-65)46-13-8-37(33-56-46)41-11-14-47(68)60-50(41)69/h7-8,12-13,29,32-35,38-41H,4-6,9-11,14-28,30-31H2,1-3H3,(H,58,59)(H,60,68,69). The highest BCUT2D eigenvalue weighted by Gasteiger charge is 2.56. The molecule has 1 aromatic carbocycles. The minimum Gasteiger partial charge on any atom is -0.366 e. The smallest absolute Gasteiger partial charge is 0.320 e. The van der Waals surface area contributed by atoms with Crippen LogP contribution in [0, 0.1) is 5.41 Å². The Bertz CT molecular complexity index is 2770. The zero-order valence-electron chi connectivity index (χ0n) is 42.3. The molecule has 1 atom stereocenters. The number of nitrogens with one attached hydrogen (secondary N) is 2. The van der Waals surface area contributed by atoms with E-state index >= 15 is 4.79 Å². The topological polar surface area (TPSA) is 172 Å². The van der Waals surface area contributed by atoms with Gasteiger partial charge in [-0.3, -0.25) is 24.5 Å². The van der Waals surface area contributed by atoms with Crippen molar-refractivity contribution in [3.63, 3.8) is 0 Å². The van der Waals surface area contributed by atoms with E-state index in [1.54, 1.807) is 6.20 Å². The van der Waals surface area contributed by atoms with E-state index in [0.29, 0.717) is 103 Å². The number of anilines is 3. The molecular weight excluding hydrogens is 909 g/mol. The van der Waals surface area contributed by atoms with Gasteiger partial charge in [-0.15, -0.1) is 0 Å². The minimum atomic E-state index is -0.691. The molecule has 2 aliphatic carbocycles. The Balaban J connectivity index is 0.705. The Morgan fingerprint density at radius 2 is 1.50 bits per heavy atom. The van der Waals surface area contributed by atoms with Crippen LogP contribution < -0.4 is 20.4 Å². The minimum absolute atomic E-state index is 0.0126. The lowest BCUT2D eigenvalue weighted by molar-refractivity contribution is -0.146. The number of fused-ring (bicyclic) bond motifs is 3. The molecule has 380 valence electrons. The summed E-state index contributed by atoms with van der Waals surface area (Å²) in [5.41, 5.74) is 5.39. The third-order valence-electron chi connectivity index (χ3n) is 17.9. The van der Waals surface area contributed by atoms with Gasteiger partial charge in [-0.05, 0) is 127 Å². The Labute approximate surface area is 422 Å². The summed E-state index contributed by atoms with van der Waals surface area (Å²) in [4.78, 5) is 95.3. The molecule has 17 nitrogen and oxygen atoms in total. The van der Waals surface area contributed by atoms with E-state index in [4.69, 9.17) is 9.97 Å². The summed E-state index contributed by atoms with van der Waals surface area (Å²) >= 11 is 0. The molecule has 7 fully saturated rings. The monoisotopic (exact) mass is 979 g/mol. The van der Waals surface area contributed by atoms with Gasteiger partial charge in [-0.2, -0.15) is 0 Å². The first-order chi connectivity index (χ1) is 34.9. The Morgan fingerprint density at radius 1 is 0.778 bits per heavy atom. The van der Waals surface area contributed by atoms with E-state index in [2.05, 4.69) is 79.9 Å². The van der Waals surface area contributed by atoms with Crippen molar-refractivity contribution < 1.29 is 24.0 Å². The van der Waals surface area contributed by atoms with E-state index in [1.165, 1.54) is 19.3 Å². The van der Waals surface area contributed by atoms with Gasteiger partial charge >= 0.3 is 6.03 Å². The molecule has 1 spiro atoms. The van der Waals surface area contributed by atoms with Crippen molar-refractivity contribution in [1.82, 2.24) is 44.4 Å². The molecule has 9 heterocycles. The number of amides is 6. The van der Waals surface area contributed by atoms with E-state index in [-0.39, 0.29) is 47.7 Å². The van der Waals surface area contributed by atoms with Crippen LogP contribution in [0.1, 0.15) is 127 Å². The number of carbonyl (C=O) groups is 5. The highest BCUT2D eigenvalue weighted by molar-refractivity contribution is 6.09. The molecule has 8 aliphatic rings. The normalized spacial score (nSPS) is 25.5.